The Bertz CT molecular complexity index is 638. The molecule has 0 unspecified atom stereocenters. The van der Waals surface area contributed by atoms with Crippen LogP contribution in [0.5, 0.6) is 5.75 Å². The lowest BCUT2D eigenvalue weighted by molar-refractivity contribution is -0.115. The summed E-state index contributed by atoms with van der Waals surface area (Å²) in [5.74, 6) is 0.752. The molecule has 4 nitrogen and oxygen atoms in total. The van der Waals surface area contributed by atoms with Crippen molar-refractivity contribution < 1.29 is 9.53 Å². The van der Waals surface area contributed by atoms with E-state index < -0.39 is 0 Å². The van der Waals surface area contributed by atoms with Crippen molar-refractivity contribution in [2.24, 2.45) is 5.73 Å². The van der Waals surface area contributed by atoms with Crippen molar-refractivity contribution >= 4 is 11.6 Å². The summed E-state index contributed by atoms with van der Waals surface area (Å²) in [6, 6.07) is 13.3. The van der Waals surface area contributed by atoms with Crippen LogP contribution in [0.25, 0.3) is 0 Å². The number of carbonyl (C=O) groups excluding carboxylic acids is 1. The number of rotatable bonds is 5. The van der Waals surface area contributed by atoms with Crippen LogP contribution in [0, 0.1) is 6.92 Å². The summed E-state index contributed by atoms with van der Waals surface area (Å²) in [6.07, 6.45) is 0.318. The molecule has 21 heavy (non-hydrogen) atoms. The Kier molecular flexibility index (Phi) is 4.95. The smallest absolute Gasteiger partial charge is 0.228 e. The van der Waals surface area contributed by atoms with Crippen LogP contribution in [0.3, 0.4) is 0 Å². The lowest BCUT2D eigenvalue weighted by Gasteiger charge is -2.10. The third kappa shape index (κ3) is 3.83. The highest BCUT2D eigenvalue weighted by Crippen LogP contribution is 2.21. The van der Waals surface area contributed by atoms with Crippen molar-refractivity contribution in [2.75, 3.05) is 12.4 Å². The van der Waals surface area contributed by atoms with Gasteiger partial charge in [0.2, 0.25) is 5.91 Å². The number of anilines is 1. The number of amides is 1. The van der Waals surface area contributed by atoms with Gasteiger partial charge in [0.15, 0.2) is 0 Å². The summed E-state index contributed by atoms with van der Waals surface area (Å²) < 4.78 is 5.20. The van der Waals surface area contributed by atoms with Crippen LogP contribution < -0.4 is 15.8 Å². The predicted octanol–water partition coefficient (Wildman–Crippen LogP) is 2.64. The van der Waals surface area contributed by atoms with Crippen LogP contribution in [0.2, 0.25) is 0 Å². The van der Waals surface area contributed by atoms with Gasteiger partial charge in [-0.1, -0.05) is 24.3 Å². The standard InChI is InChI=1S/C17H20N2O2/c1-12-9-15(7-8-16(12)21-2)19-17(20)10-13-5-3-4-6-14(13)11-18/h3-9H,10-11,18H2,1-2H3,(H,19,20). The highest BCUT2D eigenvalue weighted by atomic mass is 16.5. The summed E-state index contributed by atoms with van der Waals surface area (Å²) in [4.78, 5) is 12.1. The van der Waals surface area contributed by atoms with Crippen molar-refractivity contribution in [3.63, 3.8) is 0 Å². The highest BCUT2D eigenvalue weighted by molar-refractivity contribution is 5.92. The summed E-state index contributed by atoms with van der Waals surface area (Å²) in [5.41, 5.74) is 9.40. The summed E-state index contributed by atoms with van der Waals surface area (Å²) >= 11 is 0. The van der Waals surface area contributed by atoms with E-state index in [0.29, 0.717) is 13.0 Å². The number of hydrogen-bond donors (Lipinski definition) is 2. The molecule has 0 aliphatic carbocycles. The van der Waals surface area contributed by atoms with E-state index in [-0.39, 0.29) is 5.91 Å². The number of nitrogens with two attached hydrogens (primary N) is 1. The monoisotopic (exact) mass is 284 g/mol. The Balaban J connectivity index is 2.06. The lowest BCUT2D eigenvalue weighted by Crippen LogP contribution is -2.16. The van der Waals surface area contributed by atoms with Gasteiger partial charge < -0.3 is 15.8 Å². The molecule has 0 atom stereocenters. The van der Waals surface area contributed by atoms with E-state index in [1.807, 2.05) is 49.4 Å². The maximum absolute atomic E-state index is 12.1. The fourth-order valence-corrected chi connectivity index (χ4v) is 2.26. The molecule has 0 spiro atoms. The number of benzene rings is 2. The van der Waals surface area contributed by atoms with Crippen LogP contribution >= 0.6 is 0 Å². The van der Waals surface area contributed by atoms with Gasteiger partial charge in [0.1, 0.15) is 5.75 Å². The van der Waals surface area contributed by atoms with Gasteiger partial charge in [-0.2, -0.15) is 0 Å². The molecule has 0 aliphatic heterocycles. The van der Waals surface area contributed by atoms with Crippen molar-refractivity contribution in [3.05, 3.63) is 59.2 Å². The van der Waals surface area contributed by atoms with Gasteiger partial charge >= 0.3 is 0 Å². The second kappa shape index (κ2) is 6.90. The van der Waals surface area contributed by atoms with E-state index in [1.165, 1.54) is 0 Å². The Labute approximate surface area is 124 Å². The third-order valence-electron chi connectivity index (χ3n) is 3.37. The zero-order valence-corrected chi connectivity index (χ0v) is 12.3. The first kappa shape index (κ1) is 15.1. The number of hydrogen-bond acceptors (Lipinski definition) is 3. The minimum Gasteiger partial charge on any atom is -0.496 e. The van der Waals surface area contributed by atoms with Crippen LogP contribution in [0.4, 0.5) is 5.69 Å². The Morgan fingerprint density at radius 1 is 1.19 bits per heavy atom. The molecule has 4 heteroatoms. The third-order valence-corrected chi connectivity index (χ3v) is 3.37. The van der Waals surface area contributed by atoms with E-state index in [1.54, 1.807) is 7.11 Å². The van der Waals surface area contributed by atoms with Crippen molar-refractivity contribution in [1.82, 2.24) is 0 Å². The van der Waals surface area contributed by atoms with Crippen LogP contribution in [-0.2, 0) is 17.8 Å². The molecule has 0 aliphatic rings. The first-order valence-electron chi connectivity index (χ1n) is 6.85. The molecule has 0 saturated carbocycles. The van der Waals surface area contributed by atoms with Gasteiger partial charge in [0, 0.05) is 12.2 Å². The van der Waals surface area contributed by atoms with Gasteiger partial charge in [0.25, 0.3) is 0 Å². The van der Waals surface area contributed by atoms with Crippen LogP contribution in [-0.4, -0.2) is 13.0 Å². The number of aryl methyl sites for hydroxylation is 1. The first-order chi connectivity index (χ1) is 10.1. The zero-order chi connectivity index (χ0) is 15.2. The van der Waals surface area contributed by atoms with Gasteiger partial charge in [0.05, 0.1) is 13.5 Å². The fourth-order valence-electron chi connectivity index (χ4n) is 2.26. The van der Waals surface area contributed by atoms with Gasteiger partial charge in [-0.3, -0.25) is 4.79 Å². The maximum atomic E-state index is 12.1. The average Bonchev–Trinajstić information content (AvgIpc) is 2.48. The minimum absolute atomic E-state index is 0.0551. The second-order valence-corrected chi connectivity index (χ2v) is 4.88. The van der Waals surface area contributed by atoms with Gasteiger partial charge in [-0.15, -0.1) is 0 Å². The molecule has 2 rings (SSSR count). The van der Waals surface area contributed by atoms with Crippen molar-refractivity contribution in [1.29, 1.82) is 0 Å². The molecule has 0 aromatic heterocycles. The largest absolute Gasteiger partial charge is 0.496 e. The number of carbonyl (C=O) groups is 1. The molecule has 3 N–H and O–H groups in total. The van der Waals surface area contributed by atoms with Gasteiger partial charge in [-0.25, -0.2) is 0 Å². The van der Waals surface area contributed by atoms with Crippen LogP contribution in [0.1, 0.15) is 16.7 Å². The van der Waals surface area contributed by atoms with E-state index in [2.05, 4.69) is 5.32 Å². The number of ether oxygens (including phenoxy) is 1. The van der Waals surface area contributed by atoms with E-state index in [9.17, 15) is 4.79 Å². The Morgan fingerprint density at radius 3 is 2.52 bits per heavy atom. The average molecular weight is 284 g/mol. The van der Waals surface area contributed by atoms with Gasteiger partial charge in [-0.05, 0) is 41.8 Å². The van der Waals surface area contributed by atoms with E-state index in [0.717, 1.165) is 28.1 Å². The first-order valence-corrected chi connectivity index (χ1v) is 6.85. The molecule has 1 amide bonds. The van der Waals surface area contributed by atoms with E-state index in [4.69, 9.17) is 10.5 Å². The lowest BCUT2D eigenvalue weighted by atomic mass is 10.0. The predicted molar refractivity (Wildman–Crippen MR) is 84.4 cm³/mol. The normalized spacial score (nSPS) is 10.2. The zero-order valence-electron chi connectivity index (χ0n) is 12.3. The topological polar surface area (TPSA) is 64.3 Å². The summed E-state index contributed by atoms with van der Waals surface area (Å²) in [6.45, 7) is 2.38. The van der Waals surface area contributed by atoms with Crippen molar-refractivity contribution in [2.45, 2.75) is 19.9 Å². The van der Waals surface area contributed by atoms with Crippen LogP contribution in [0.15, 0.2) is 42.5 Å². The van der Waals surface area contributed by atoms with E-state index >= 15 is 0 Å². The minimum atomic E-state index is -0.0551. The molecular formula is C17H20N2O2. The Hall–Kier alpha value is -2.33. The second-order valence-electron chi connectivity index (χ2n) is 4.88. The molecule has 0 saturated heterocycles. The molecule has 2 aromatic carbocycles. The highest BCUT2D eigenvalue weighted by Gasteiger charge is 2.08. The summed E-state index contributed by atoms with van der Waals surface area (Å²) in [7, 11) is 1.63. The molecule has 0 radical (unpaired) electrons. The maximum Gasteiger partial charge on any atom is 0.228 e. The quantitative estimate of drug-likeness (QED) is 0.887. The Morgan fingerprint density at radius 2 is 1.90 bits per heavy atom. The molecule has 0 heterocycles. The number of methoxy groups -OCH3 is 1. The van der Waals surface area contributed by atoms with Crippen molar-refractivity contribution in [3.8, 4) is 5.75 Å². The molecular weight excluding hydrogens is 264 g/mol. The molecule has 110 valence electrons. The summed E-state index contributed by atoms with van der Waals surface area (Å²) in [5, 5.41) is 2.90. The fraction of sp³-hybridized carbons (Fsp3) is 0.235. The number of nitrogens with one attached hydrogen (secondary N) is 1. The SMILES string of the molecule is COc1ccc(NC(=O)Cc2ccccc2CN)cc1C. The molecule has 0 fully saturated rings. The molecule has 2 aromatic rings. The molecule has 0 bridgehead atoms.